The number of hydrogen-bond donors (Lipinski definition) is 1. The summed E-state index contributed by atoms with van der Waals surface area (Å²) >= 11 is 5.88. The Morgan fingerprint density at radius 3 is 2.48 bits per heavy atom. The van der Waals surface area contributed by atoms with Crippen LogP contribution in [0.1, 0.15) is 24.8 Å². The van der Waals surface area contributed by atoms with Gasteiger partial charge in [-0.2, -0.15) is 0 Å². The van der Waals surface area contributed by atoms with Gasteiger partial charge in [0.15, 0.2) is 5.75 Å². The van der Waals surface area contributed by atoms with Gasteiger partial charge >= 0.3 is 6.36 Å². The molecule has 1 aliphatic heterocycles. The Hall–Kier alpha value is -3.57. The number of Topliss-reactive ketones (excluding diaryl/α,β-unsaturated/α-hetero) is 1. The van der Waals surface area contributed by atoms with Crippen LogP contribution in [0.15, 0.2) is 66.7 Å². The lowest BCUT2D eigenvalue weighted by atomic mass is 9.90. The third-order valence-corrected chi connectivity index (χ3v) is 7.19. The van der Waals surface area contributed by atoms with Gasteiger partial charge in [-0.3, -0.25) is 14.3 Å². The normalized spacial score (nSPS) is 16.1. The summed E-state index contributed by atoms with van der Waals surface area (Å²) < 4.78 is 70.6. The number of carbonyl (C=O) groups is 2. The number of benzene rings is 3. The molecule has 0 saturated carbocycles. The zero-order valence-corrected chi connectivity index (χ0v) is 22.9. The van der Waals surface area contributed by atoms with Crippen molar-refractivity contribution in [2.75, 3.05) is 22.4 Å². The Morgan fingerprint density at radius 2 is 1.80 bits per heavy atom. The third-order valence-electron chi connectivity index (χ3n) is 6.35. The van der Waals surface area contributed by atoms with Crippen molar-refractivity contribution >= 4 is 44.7 Å². The molecular formula is C28H26ClF3N2O5S. The summed E-state index contributed by atoms with van der Waals surface area (Å²) in [6.07, 6.45) is -3.11. The Bertz CT molecular complexity index is 1510. The Balaban J connectivity index is 1.61. The van der Waals surface area contributed by atoms with Crippen LogP contribution in [0.5, 0.6) is 5.75 Å². The second-order valence-electron chi connectivity index (χ2n) is 9.53. The lowest BCUT2D eigenvalue weighted by Crippen LogP contribution is -2.42. The average Bonchev–Trinajstić information content (AvgIpc) is 2.85. The molecule has 40 heavy (non-hydrogen) atoms. The number of nitrogens with one attached hydrogen (secondary N) is 1. The number of ketones is 1. The zero-order chi connectivity index (χ0) is 29.1. The first-order valence-corrected chi connectivity index (χ1v) is 14.6. The maximum atomic E-state index is 13.4. The summed E-state index contributed by atoms with van der Waals surface area (Å²) in [7, 11) is -3.66. The van der Waals surface area contributed by atoms with E-state index in [0.29, 0.717) is 23.4 Å². The van der Waals surface area contributed by atoms with Crippen molar-refractivity contribution in [2.24, 2.45) is 5.92 Å². The fraction of sp³-hybridized carbons (Fsp3) is 0.286. The number of amides is 1. The standard InChI is InChI=1S/C28H26ClF3N2O5S/c1-40(37,38)33-24-7-3-2-6-23(24)19-10-13-25(26(17-19)39-28(30,31)32)34-14-4-5-20(27(34)36)16-22(35)15-18-8-11-21(29)12-9-18/h2-3,6-13,17,20,33H,4-5,14-16H2,1H3/t20-/m0/s1. The quantitative estimate of drug-likeness (QED) is 0.317. The first kappa shape index (κ1) is 29.4. The molecule has 1 fully saturated rings. The van der Waals surface area contributed by atoms with Crippen LogP contribution < -0.4 is 14.4 Å². The van der Waals surface area contributed by atoms with Gasteiger partial charge in [0.1, 0.15) is 5.78 Å². The second-order valence-corrected chi connectivity index (χ2v) is 11.7. The van der Waals surface area contributed by atoms with Crippen molar-refractivity contribution in [3.05, 3.63) is 77.3 Å². The van der Waals surface area contributed by atoms with Crippen molar-refractivity contribution in [1.29, 1.82) is 0 Å². The van der Waals surface area contributed by atoms with E-state index in [0.717, 1.165) is 17.9 Å². The number of rotatable bonds is 9. The minimum Gasteiger partial charge on any atom is -0.404 e. The molecule has 0 bridgehead atoms. The maximum absolute atomic E-state index is 13.4. The highest BCUT2D eigenvalue weighted by Crippen LogP contribution is 2.40. The van der Waals surface area contributed by atoms with Crippen LogP contribution in [-0.4, -0.2) is 39.3 Å². The number of piperidine rings is 1. The summed E-state index contributed by atoms with van der Waals surface area (Å²) in [6, 6.07) is 16.9. The molecule has 1 amide bonds. The summed E-state index contributed by atoms with van der Waals surface area (Å²) in [5, 5.41) is 0.535. The SMILES string of the molecule is CS(=O)(=O)Nc1ccccc1-c1ccc(N2CCC[C@@H](CC(=O)Cc3ccc(Cl)cc3)C2=O)c(OC(F)(F)F)c1. The van der Waals surface area contributed by atoms with E-state index in [9.17, 15) is 31.2 Å². The molecule has 212 valence electrons. The van der Waals surface area contributed by atoms with Crippen LogP contribution in [0.3, 0.4) is 0 Å². The fourth-order valence-corrected chi connectivity index (χ4v) is 5.39. The van der Waals surface area contributed by atoms with Crippen molar-refractivity contribution in [3.63, 3.8) is 0 Å². The highest BCUT2D eigenvalue weighted by molar-refractivity contribution is 7.92. The molecule has 1 atom stereocenters. The lowest BCUT2D eigenvalue weighted by Gasteiger charge is -2.33. The third kappa shape index (κ3) is 7.76. The Morgan fingerprint density at radius 1 is 1.10 bits per heavy atom. The highest BCUT2D eigenvalue weighted by Gasteiger charge is 2.36. The van der Waals surface area contributed by atoms with Gasteiger partial charge in [-0.25, -0.2) is 8.42 Å². The van der Waals surface area contributed by atoms with Gasteiger partial charge in [0.2, 0.25) is 15.9 Å². The van der Waals surface area contributed by atoms with Crippen LogP contribution in [0.25, 0.3) is 11.1 Å². The van der Waals surface area contributed by atoms with Crippen LogP contribution in [0, 0.1) is 5.92 Å². The van der Waals surface area contributed by atoms with Gasteiger partial charge < -0.3 is 9.64 Å². The second kappa shape index (κ2) is 11.9. The van der Waals surface area contributed by atoms with Crippen LogP contribution in [-0.2, 0) is 26.0 Å². The van der Waals surface area contributed by atoms with Gasteiger partial charge in [-0.15, -0.1) is 13.2 Å². The molecule has 1 N–H and O–H groups in total. The largest absolute Gasteiger partial charge is 0.573 e. The molecule has 0 radical (unpaired) electrons. The summed E-state index contributed by atoms with van der Waals surface area (Å²) in [5.41, 5.74) is 1.39. The van der Waals surface area contributed by atoms with Gasteiger partial charge in [-0.1, -0.05) is 48.0 Å². The van der Waals surface area contributed by atoms with Gasteiger partial charge in [0, 0.05) is 35.9 Å². The van der Waals surface area contributed by atoms with E-state index in [-0.39, 0.29) is 42.1 Å². The van der Waals surface area contributed by atoms with Crippen LogP contribution >= 0.6 is 11.6 Å². The van der Waals surface area contributed by atoms with E-state index in [1.54, 1.807) is 42.5 Å². The molecule has 0 unspecified atom stereocenters. The molecule has 1 aliphatic rings. The minimum absolute atomic E-state index is 0.0456. The average molecular weight is 595 g/mol. The molecule has 3 aromatic rings. The predicted molar refractivity (Wildman–Crippen MR) is 147 cm³/mol. The molecule has 7 nitrogen and oxygen atoms in total. The monoisotopic (exact) mass is 594 g/mol. The van der Waals surface area contributed by atoms with Crippen molar-refractivity contribution in [3.8, 4) is 16.9 Å². The number of alkyl halides is 3. The maximum Gasteiger partial charge on any atom is 0.573 e. The number of anilines is 2. The van der Waals surface area contributed by atoms with Crippen LogP contribution in [0.2, 0.25) is 5.02 Å². The molecule has 12 heteroatoms. The smallest absolute Gasteiger partial charge is 0.404 e. The van der Waals surface area contributed by atoms with Gasteiger partial charge in [0.25, 0.3) is 0 Å². The first-order valence-electron chi connectivity index (χ1n) is 12.3. The summed E-state index contributed by atoms with van der Waals surface area (Å²) in [4.78, 5) is 27.3. The van der Waals surface area contributed by atoms with E-state index in [4.69, 9.17) is 11.6 Å². The molecule has 3 aromatic carbocycles. The van der Waals surface area contributed by atoms with Gasteiger partial charge in [-0.05, 0) is 54.3 Å². The van der Waals surface area contributed by atoms with Crippen molar-refractivity contribution in [2.45, 2.75) is 32.0 Å². The van der Waals surface area contributed by atoms with E-state index >= 15 is 0 Å². The zero-order valence-electron chi connectivity index (χ0n) is 21.4. The van der Waals surface area contributed by atoms with Gasteiger partial charge in [0.05, 0.1) is 17.6 Å². The fourth-order valence-electron chi connectivity index (χ4n) is 4.69. The number of para-hydroxylation sites is 1. The molecule has 0 aromatic heterocycles. The molecule has 1 heterocycles. The van der Waals surface area contributed by atoms with Crippen molar-refractivity contribution in [1.82, 2.24) is 0 Å². The molecule has 4 rings (SSSR count). The lowest BCUT2D eigenvalue weighted by molar-refractivity contribution is -0.274. The number of hydrogen-bond acceptors (Lipinski definition) is 5. The highest BCUT2D eigenvalue weighted by atomic mass is 35.5. The number of carbonyl (C=O) groups excluding carboxylic acids is 2. The number of halogens is 4. The van der Waals surface area contributed by atoms with E-state index in [1.807, 2.05) is 0 Å². The molecular weight excluding hydrogens is 569 g/mol. The summed E-state index contributed by atoms with van der Waals surface area (Å²) in [5.74, 6) is -1.93. The minimum atomic E-state index is -5.05. The van der Waals surface area contributed by atoms with Crippen molar-refractivity contribution < 1.29 is 35.9 Å². The number of nitrogens with zero attached hydrogens (tertiary/aromatic N) is 1. The van der Waals surface area contributed by atoms with Crippen LogP contribution in [0.4, 0.5) is 24.5 Å². The molecule has 0 aliphatic carbocycles. The van der Waals surface area contributed by atoms with E-state index in [1.165, 1.54) is 23.1 Å². The predicted octanol–water partition coefficient (Wildman–Crippen LogP) is 6.22. The molecule has 1 saturated heterocycles. The number of ether oxygens (including phenoxy) is 1. The van der Waals surface area contributed by atoms with E-state index < -0.39 is 34.0 Å². The topological polar surface area (TPSA) is 92.8 Å². The Labute approximate surface area is 234 Å². The number of sulfonamides is 1. The Kier molecular flexibility index (Phi) is 8.74. The summed E-state index contributed by atoms with van der Waals surface area (Å²) in [6.45, 7) is 0.153. The van der Waals surface area contributed by atoms with E-state index in [2.05, 4.69) is 9.46 Å². The molecule has 0 spiro atoms. The first-order chi connectivity index (χ1) is 18.8.